The minimum Gasteiger partial charge on any atom is -0.380 e. The van der Waals surface area contributed by atoms with Gasteiger partial charge < -0.3 is 4.74 Å². The van der Waals surface area contributed by atoms with Gasteiger partial charge in [-0.25, -0.2) is 0 Å². The van der Waals surface area contributed by atoms with Crippen LogP contribution in [-0.4, -0.2) is 7.11 Å². The van der Waals surface area contributed by atoms with Gasteiger partial charge in [-0.1, -0.05) is 11.6 Å². The molecule has 0 saturated heterocycles. The van der Waals surface area contributed by atoms with Gasteiger partial charge in [0.25, 0.3) is 0 Å². The highest BCUT2D eigenvalue weighted by atomic mass is 35.5. The highest BCUT2D eigenvalue weighted by molar-refractivity contribution is 6.30. The molecule has 0 aliphatic heterocycles. The van der Waals surface area contributed by atoms with E-state index in [1.165, 1.54) is 0 Å². The van der Waals surface area contributed by atoms with Gasteiger partial charge in [-0.05, 0) is 29.8 Å². The fourth-order valence-electron chi connectivity index (χ4n) is 0.739. The zero-order valence-corrected chi connectivity index (χ0v) is 6.48. The molecule has 0 spiro atoms. The van der Waals surface area contributed by atoms with Crippen LogP contribution in [0.25, 0.3) is 0 Å². The molecule has 0 aromatic heterocycles. The van der Waals surface area contributed by atoms with Crippen molar-refractivity contribution in [2.45, 2.75) is 6.61 Å². The maximum atomic E-state index is 5.69. The summed E-state index contributed by atoms with van der Waals surface area (Å²) >= 11 is 5.69. The summed E-state index contributed by atoms with van der Waals surface area (Å²) in [5.74, 6) is 0. The van der Waals surface area contributed by atoms with Gasteiger partial charge in [0, 0.05) is 12.1 Å². The summed E-state index contributed by atoms with van der Waals surface area (Å²) in [7, 11) is 1.65. The van der Waals surface area contributed by atoms with E-state index in [4.69, 9.17) is 16.3 Å². The van der Waals surface area contributed by atoms with Gasteiger partial charge in [0.2, 0.25) is 0 Å². The van der Waals surface area contributed by atoms with Crippen LogP contribution in [0.3, 0.4) is 0 Å². The topological polar surface area (TPSA) is 9.23 Å². The third-order valence-corrected chi connectivity index (χ3v) is 1.34. The first-order valence-corrected chi connectivity index (χ1v) is 3.35. The number of ether oxygens (including phenoxy) is 1. The SMILES string of the molecule is COCc1c[c]cc(Cl)c1. The number of benzene rings is 1. The number of hydrogen-bond acceptors (Lipinski definition) is 1. The number of methoxy groups -OCH3 is 1. The van der Waals surface area contributed by atoms with E-state index in [0.717, 1.165) is 5.56 Å². The van der Waals surface area contributed by atoms with Crippen LogP contribution in [-0.2, 0) is 11.3 Å². The van der Waals surface area contributed by atoms with E-state index in [0.29, 0.717) is 11.6 Å². The molecule has 0 fully saturated rings. The smallest absolute Gasteiger partial charge is 0.0713 e. The maximum Gasteiger partial charge on any atom is 0.0713 e. The van der Waals surface area contributed by atoms with Crippen LogP contribution in [0.1, 0.15) is 5.56 Å². The second-order valence-electron chi connectivity index (χ2n) is 1.99. The second-order valence-corrected chi connectivity index (χ2v) is 2.43. The van der Waals surface area contributed by atoms with Crippen molar-refractivity contribution in [1.82, 2.24) is 0 Å². The summed E-state index contributed by atoms with van der Waals surface area (Å²) in [6.45, 7) is 0.594. The Morgan fingerprint density at radius 3 is 3.00 bits per heavy atom. The average molecular weight is 156 g/mol. The number of rotatable bonds is 2. The van der Waals surface area contributed by atoms with Crippen molar-refractivity contribution in [3.05, 3.63) is 34.9 Å². The Hall–Kier alpha value is -0.530. The molecule has 0 amide bonds. The van der Waals surface area contributed by atoms with Gasteiger partial charge in [-0.3, -0.25) is 0 Å². The minimum atomic E-state index is 0.594. The van der Waals surface area contributed by atoms with Crippen LogP contribution in [0.4, 0.5) is 0 Å². The third-order valence-electron chi connectivity index (χ3n) is 1.12. The summed E-state index contributed by atoms with van der Waals surface area (Å²) in [5.41, 5.74) is 1.05. The molecule has 53 valence electrons. The van der Waals surface area contributed by atoms with Crippen LogP contribution >= 0.6 is 11.6 Å². The number of hydrogen-bond donors (Lipinski definition) is 0. The van der Waals surface area contributed by atoms with E-state index in [-0.39, 0.29) is 0 Å². The van der Waals surface area contributed by atoms with Gasteiger partial charge in [-0.2, -0.15) is 0 Å². The molecular weight excluding hydrogens is 148 g/mol. The highest BCUT2D eigenvalue weighted by Gasteiger charge is 1.91. The van der Waals surface area contributed by atoms with Crippen molar-refractivity contribution in [2.24, 2.45) is 0 Å². The first kappa shape index (κ1) is 7.58. The van der Waals surface area contributed by atoms with Gasteiger partial charge in [0.1, 0.15) is 0 Å². The van der Waals surface area contributed by atoms with E-state index >= 15 is 0 Å². The summed E-state index contributed by atoms with van der Waals surface area (Å²) < 4.78 is 4.90. The Morgan fingerprint density at radius 1 is 1.60 bits per heavy atom. The molecule has 2 heteroatoms. The van der Waals surface area contributed by atoms with Crippen LogP contribution in [0, 0.1) is 6.07 Å². The van der Waals surface area contributed by atoms with Crippen LogP contribution in [0.2, 0.25) is 5.02 Å². The van der Waals surface area contributed by atoms with Crippen molar-refractivity contribution in [3.63, 3.8) is 0 Å². The highest BCUT2D eigenvalue weighted by Crippen LogP contribution is 2.10. The van der Waals surface area contributed by atoms with Crippen molar-refractivity contribution in [2.75, 3.05) is 7.11 Å². The summed E-state index contributed by atoms with van der Waals surface area (Å²) in [6, 6.07) is 8.34. The van der Waals surface area contributed by atoms with Crippen molar-refractivity contribution < 1.29 is 4.74 Å². The Morgan fingerprint density at radius 2 is 2.40 bits per heavy atom. The van der Waals surface area contributed by atoms with Crippen molar-refractivity contribution in [3.8, 4) is 0 Å². The molecule has 1 radical (unpaired) electrons. The molecule has 1 aromatic rings. The van der Waals surface area contributed by atoms with E-state index in [1.807, 2.05) is 12.1 Å². The number of halogens is 1. The third kappa shape index (κ3) is 2.01. The normalized spacial score (nSPS) is 9.80. The van der Waals surface area contributed by atoms with E-state index in [1.54, 1.807) is 13.2 Å². The van der Waals surface area contributed by atoms with E-state index in [9.17, 15) is 0 Å². The average Bonchev–Trinajstić information content (AvgIpc) is 1.88. The second kappa shape index (κ2) is 3.59. The summed E-state index contributed by atoms with van der Waals surface area (Å²) in [4.78, 5) is 0. The zero-order valence-electron chi connectivity index (χ0n) is 5.73. The first-order chi connectivity index (χ1) is 4.83. The van der Waals surface area contributed by atoms with Gasteiger partial charge in [-0.15, -0.1) is 0 Å². The Bertz CT molecular complexity index is 210. The Kier molecular flexibility index (Phi) is 2.72. The Balaban J connectivity index is 2.75. The summed E-state index contributed by atoms with van der Waals surface area (Å²) in [6.07, 6.45) is 0. The maximum absolute atomic E-state index is 5.69. The molecule has 0 N–H and O–H groups in total. The molecule has 10 heavy (non-hydrogen) atoms. The lowest BCUT2D eigenvalue weighted by Crippen LogP contribution is -1.85. The minimum absolute atomic E-state index is 0.594. The van der Waals surface area contributed by atoms with Crippen LogP contribution in [0.5, 0.6) is 0 Å². The molecule has 0 aliphatic rings. The Labute approximate surface area is 65.6 Å². The quantitative estimate of drug-likeness (QED) is 0.637. The first-order valence-electron chi connectivity index (χ1n) is 2.97. The van der Waals surface area contributed by atoms with Crippen LogP contribution < -0.4 is 0 Å². The molecule has 0 aliphatic carbocycles. The molecule has 0 atom stereocenters. The molecule has 1 nitrogen and oxygen atoms in total. The largest absolute Gasteiger partial charge is 0.380 e. The lowest BCUT2D eigenvalue weighted by Gasteiger charge is -1.97. The molecular formula is C8H8ClO. The molecule has 0 unspecified atom stereocenters. The molecule has 0 heterocycles. The zero-order chi connectivity index (χ0) is 7.40. The molecule has 0 bridgehead atoms. The molecule has 0 saturated carbocycles. The fourth-order valence-corrected chi connectivity index (χ4v) is 0.942. The lowest BCUT2D eigenvalue weighted by atomic mass is 10.2. The predicted octanol–water partition coefficient (Wildman–Crippen LogP) is 2.29. The van der Waals surface area contributed by atoms with Crippen molar-refractivity contribution in [1.29, 1.82) is 0 Å². The monoisotopic (exact) mass is 155 g/mol. The van der Waals surface area contributed by atoms with E-state index in [2.05, 4.69) is 6.07 Å². The predicted molar refractivity (Wildman–Crippen MR) is 41.0 cm³/mol. The van der Waals surface area contributed by atoms with Gasteiger partial charge in [0.15, 0.2) is 0 Å². The lowest BCUT2D eigenvalue weighted by molar-refractivity contribution is 0.185. The van der Waals surface area contributed by atoms with Crippen molar-refractivity contribution >= 4 is 11.6 Å². The molecule has 1 rings (SSSR count). The van der Waals surface area contributed by atoms with Gasteiger partial charge in [0.05, 0.1) is 6.61 Å². The van der Waals surface area contributed by atoms with Gasteiger partial charge >= 0.3 is 0 Å². The van der Waals surface area contributed by atoms with E-state index < -0.39 is 0 Å². The van der Waals surface area contributed by atoms with Crippen LogP contribution in [0.15, 0.2) is 18.2 Å². The fraction of sp³-hybridized carbons (Fsp3) is 0.250. The standard InChI is InChI=1S/C8H8ClO/c1-10-6-7-3-2-4-8(9)5-7/h3-5H,6H2,1H3. The molecule has 1 aromatic carbocycles. The summed E-state index contributed by atoms with van der Waals surface area (Å²) in [5, 5.41) is 0.703.